The maximum Gasteiger partial charge on any atom is 0.377 e. The number of rotatable bonds is 3. The lowest BCUT2D eigenvalue weighted by Gasteiger charge is -2.18. The van der Waals surface area contributed by atoms with Crippen LogP contribution in [0.1, 0.15) is 43.2 Å². The number of carboxylic acid groups (broad SMARTS) is 1. The Kier molecular flexibility index (Phi) is 1.83. The van der Waals surface area contributed by atoms with Crippen LogP contribution in [0, 0.1) is 5.92 Å². The van der Waals surface area contributed by atoms with E-state index in [2.05, 4.69) is 10.1 Å². The van der Waals surface area contributed by atoms with Gasteiger partial charge in [-0.25, -0.2) is 4.79 Å². The number of carbonyl (C=O) groups is 1. The van der Waals surface area contributed by atoms with Crippen molar-refractivity contribution in [2.75, 3.05) is 0 Å². The quantitative estimate of drug-likeness (QED) is 0.791. The zero-order chi connectivity index (χ0) is 10.3. The summed E-state index contributed by atoms with van der Waals surface area (Å²) in [6, 6.07) is 0. The summed E-state index contributed by atoms with van der Waals surface area (Å²) in [6.07, 6.45) is 2.30. The van der Waals surface area contributed by atoms with Crippen LogP contribution in [0.15, 0.2) is 4.52 Å². The van der Waals surface area contributed by atoms with Gasteiger partial charge in [-0.05, 0) is 23.9 Å². The van der Waals surface area contributed by atoms with E-state index in [1.807, 2.05) is 13.8 Å². The molecule has 0 aliphatic heterocycles. The second-order valence-corrected chi connectivity index (χ2v) is 4.22. The molecule has 1 heterocycles. The van der Waals surface area contributed by atoms with E-state index in [-0.39, 0.29) is 11.2 Å². The van der Waals surface area contributed by atoms with Crippen LogP contribution in [0.25, 0.3) is 0 Å². The van der Waals surface area contributed by atoms with Gasteiger partial charge in [-0.15, -0.1) is 0 Å². The first kappa shape index (κ1) is 9.18. The number of nitrogens with zero attached hydrogens (tertiary/aromatic N) is 2. The number of aromatic carboxylic acids is 1. The fraction of sp³-hybridized carbons (Fsp3) is 0.667. The first-order chi connectivity index (χ1) is 6.51. The Morgan fingerprint density at radius 3 is 2.64 bits per heavy atom. The molecule has 2 rings (SSSR count). The maximum atomic E-state index is 10.5. The minimum Gasteiger partial charge on any atom is -0.475 e. The Bertz CT molecular complexity index is 366. The molecule has 1 aliphatic carbocycles. The number of hydrogen-bond donors (Lipinski definition) is 1. The summed E-state index contributed by atoms with van der Waals surface area (Å²) in [6.45, 7) is 4.01. The van der Waals surface area contributed by atoms with Crippen LogP contribution in [0.5, 0.6) is 0 Å². The maximum absolute atomic E-state index is 10.5. The molecule has 0 spiro atoms. The minimum atomic E-state index is -1.15. The monoisotopic (exact) mass is 196 g/mol. The predicted molar refractivity (Wildman–Crippen MR) is 47.0 cm³/mol. The number of hydrogen-bond acceptors (Lipinski definition) is 4. The molecule has 1 aromatic heterocycles. The molecule has 5 nitrogen and oxygen atoms in total. The molecule has 0 radical (unpaired) electrons. The van der Waals surface area contributed by atoms with Gasteiger partial charge in [0.05, 0.1) is 0 Å². The molecule has 76 valence electrons. The van der Waals surface area contributed by atoms with Gasteiger partial charge >= 0.3 is 5.97 Å². The third kappa shape index (κ3) is 1.38. The average Bonchev–Trinajstić information content (AvgIpc) is 2.82. The van der Waals surface area contributed by atoms with Gasteiger partial charge in [0.1, 0.15) is 0 Å². The molecule has 14 heavy (non-hydrogen) atoms. The molecule has 0 unspecified atom stereocenters. The standard InChI is InChI=1S/C9H12N2O3/c1-9(2,5-3-4-5)8-10-6(7(12)13)11-14-8/h5H,3-4H2,1-2H3,(H,12,13). The fourth-order valence-electron chi connectivity index (χ4n) is 1.55. The molecule has 0 saturated heterocycles. The van der Waals surface area contributed by atoms with Gasteiger partial charge in [0.2, 0.25) is 5.89 Å². The first-order valence-corrected chi connectivity index (χ1v) is 4.59. The van der Waals surface area contributed by atoms with E-state index in [9.17, 15) is 4.79 Å². The summed E-state index contributed by atoms with van der Waals surface area (Å²) in [5.74, 6) is -0.428. The van der Waals surface area contributed by atoms with Crippen molar-refractivity contribution in [3.05, 3.63) is 11.7 Å². The van der Waals surface area contributed by atoms with Crippen molar-refractivity contribution in [1.82, 2.24) is 10.1 Å². The molecule has 1 aromatic rings. The zero-order valence-corrected chi connectivity index (χ0v) is 8.15. The van der Waals surface area contributed by atoms with E-state index in [0.717, 1.165) is 12.8 Å². The molecule has 5 heteroatoms. The molecule has 1 fully saturated rings. The highest BCUT2D eigenvalue weighted by atomic mass is 16.5. The van der Waals surface area contributed by atoms with E-state index in [1.54, 1.807) is 0 Å². The Morgan fingerprint density at radius 1 is 1.57 bits per heavy atom. The van der Waals surface area contributed by atoms with Crippen molar-refractivity contribution < 1.29 is 14.4 Å². The van der Waals surface area contributed by atoms with Crippen molar-refractivity contribution in [3.63, 3.8) is 0 Å². The van der Waals surface area contributed by atoms with Crippen LogP contribution >= 0.6 is 0 Å². The van der Waals surface area contributed by atoms with Crippen molar-refractivity contribution in [3.8, 4) is 0 Å². The van der Waals surface area contributed by atoms with Gasteiger partial charge in [-0.3, -0.25) is 0 Å². The Balaban J connectivity index is 2.27. The summed E-state index contributed by atoms with van der Waals surface area (Å²) in [7, 11) is 0. The Hall–Kier alpha value is -1.39. The molecule has 0 aromatic carbocycles. The normalized spacial score (nSPS) is 17.0. The average molecular weight is 196 g/mol. The number of aromatic nitrogens is 2. The molecular weight excluding hydrogens is 184 g/mol. The van der Waals surface area contributed by atoms with E-state index in [1.165, 1.54) is 0 Å². The van der Waals surface area contributed by atoms with E-state index >= 15 is 0 Å². The van der Waals surface area contributed by atoms with E-state index < -0.39 is 5.97 Å². The van der Waals surface area contributed by atoms with Crippen molar-refractivity contribution in [2.24, 2.45) is 5.92 Å². The third-order valence-corrected chi connectivity index (χ3v) is 2.77. The summed E-state index contributed by atoms with van der Waals surface area (Å²) in [5.41, 5.74) is -0.194. The van der Waals surface area contributed by atoms with Gasteiger partial charge in [0, 0.05) is 5.41 Å². The van der Waals surface area contributed by atoms with Gasteiger partial charge in [-0.1, -0.05) is 13.8 Å². The van der Waals surface area contributed by atoms with Crippen LogP contribution in [0.4, 0.5) is 0 Å². The van der Waals surface area contributed by atoms with Gasteiger partial charge < -0.3 is 9.63 Å². The zero-order valence-electron chi connectivity index (χ0n) is 8.15. The largest absolute Gasteiger partial charge is 0.475 e. The highest BCUT2D eigenvalue weighted by Gasteiger charge is 2.43. The topological polar surface area (TPSA) is 76.2 Å². The van der Waals surface area contributed by atoms with Crippen molar-refractivity contribution in [2.45, 2.75) is 32.1 Å². The highest BCUT2D eigenvalue weighted by Crippen LogP contribution is 2.46. The molecule has 0 atom stereocenters. The smallest absolute Gasteiger partial charge is 0.377 e. The van der Waals surface area contributed by atoms with Crippen LogP contribution in [-0.4, -0.2) is 21.2 Å². The van der Waals surface area contributed by atoms with Crippen molar-refractivity contribution in [1.29, 1.82) is 0 Å². The highest BCUT2D eigenvalue weighted by molar-refractivity contribution is 5.82. The molecular formula is C9H12N2O3. The van der Waals surface area contributed by atoms with Crippen LogP contribution in [0.2, 0.25) is 0 Å². The fourth-order valence-corrected chi connectivity index (χ4v) is 1.55. The second-order valence-electron chi connectivity index (χ2n) is 4.22. The minimum absolute atomic E-state index is 0.194. The Morgan fingerprint density at radius 2 is 2.21 bits per heavy atom. The second kappa shape index (κ2) is 2.80. The summed E-state index contributed by atoms with van der Waals surface area (Å²) in [5, 5.41) is 12.0. The lowest BCUT2D eigenvalue weighted by molar-refractivity contribution is 0.0680. The molecule has 1 aliphatic rings. The lowest BCUT2D eigenvalue weighted by atomic mass is 9.87. The summed E-state index contributed by atoms with van der Waals surface area (Å²) < 4.78 is 4.95. The van der Waals surface area contributed by atoms with Crippen LogP contribution in [-0.2, 0) is 5.41 Å². The van der Waals surface area contributed by atoms with E-state index in [4.69, 9.17) is 9.63 Å². The predicted octanol–water partition coefficient (Wildman–Crippen LogP) is 1.46. The summed E-state index contributed by atoms with van der Waals surface area (Å²) >= 11 is 0. The van der Waals surface area contributed by atoms with Gasteiger partial charge in [0.25, 0.3) is 5.82 Å². The van der Waals surface area contributed by atoms with E-state index in [0.29, 0.717) is 11.8 Å². The SMILES string of the molecule is CC(C)(c1nc(C(=O)O)no1)C1CC1. The summed E-state index contributed by atoms with van der Waals surface area (Å²) in [4.78, 5) is 14.4. The van der Waals surface area contributed by atoms with Crippen molar-refractivity contribution >= 4 is 5.97 Å². The third-order valence-electron chi connectivity index (χ3n) is 2.77. The number of carboxylic acids is 1. The molecule has 1 N–H and O–H groups in total. The van der Waals surface area contributed by atoms with Crippen LogP contribution in [0.3, 0.4) is 0 Å². The molecule has 0 amide bonds. The first-order valence-electron chi connectivity index (χ1n) is 4.59. The van der Waals surface area contributed by atoms with Crippen LogP contribution < -0.4 is 0 Å². The lowest BCUT2D eigenvalue weighted by Crippen LogP contribution is -2.20. The molecule has 1 saturated carbocycles. The Labute approximate surface area is 81.1 Å². The van der Waals surface area contributed by atoms with Gasteiger partial charge in [0.15, 0.2) is 0 Å². The molecule has 0 bridgehead atoms. The van der Waals surface area contributed by atoms with Gasteiger partial charge in [-0.2, -0.15) is 4.98 Å².